The third-order valence-corrected chi connectivity index (χ3v) is 3.84. The fraction of sp³-hybridized carbons (Fsp3) is 0.917. The fourth-order valence-electron chi connectivity index (χ4n) is 2.12. The minimum Gasteiger partial charge on any atom is -0.481 e. The molecule has 16 heavy (non-hydrogen) atoms. The topological polar surface area (TPSA) is 66.8 Å². The summed E-state index contributed by atoms with van der Waals surface area (Å²) in [4.78, 5) is 11.4. The van der Waals surface area contributed by atoms with Crippen molar-refractivity contribution in [3.8, 4) is 0 Å². The minimum atomic E-state index is -0.935. The van der Waals surface area contributed by atoms with E-state index < -0.39 is 17.0 Å². The van der Waals surface area contributed by atoms with Gasteiger partial charge in [-0.3, -0.25) is 4.79 Å². The van der Waals surface area contributed by atoms with Crippen LogP contribution in [0.4, 0.5) is 0 Å². The van der Waals surface area contributed by atoms with Gasteiger partial charge in [0.05, 0.1) is 11.0 Å². The Morgan fingerprint density at radius 3 is 2.31 bits per heavy atom. The number of carboxylic acid groups (broad SMARTS) is 1. The molecule has 4 heteroatoms. The van der Waals surface area contributed by atoms with Crippen LogP contribution in [0.2, 0.25) is 0 Å². The number of hydrogen-bond donors (Lipinski definition) is 2. The lowest BCUT2D eigenvalue weighted by atomic mass is 9.69. The van der Waals surface area contributed by atoms with E-state index in [4.69, 9.17) is 4.74 Å². The highest BCUT2D eigenvalue weighted by Crippen LogP contribution is 2.40. The standard InChI is InChI=1S/C12H22O4/c1-9(2)11(3,15)8-12(10(13)14)4-6-16-7-5-12/h9,15H,4-8H2,1-3H3,(H,13,14). The Labute approximate surface area is 96.6 Å². The maximum Gasteiger partial charge on any atom is 0.309 e. The summed E-state index contributed by atoms with van der Waals surface area (Å²) in [6.45, 7) is 6.49. The summed E-state index contributed by atoms with van der Waals surface area (Å²) < 4.78 is 5.20. The average Bonchev–Trinajstić information content (AvgIpc) is 2.18. The van der Waals surface area contributed by atoms with Crippen LogP contribution in [0.1, 0.15) is 40.0 Å². The fourth-order valence-corrected chi connectivity index (χ4v) is 2.12. The Kier molecular flexibility index (Phi) is 3.97. The molecule has 1 heterocycles. The van der Waals surface area contributed by atoms with Crippen molar-refractivity contribution < 1.29 is 19.7 Å². The molecule has 0 saturated carbocycles. The second kappa shape index (κ2) is 4.72. The predicted octanol–water partition coefficient (Wildman–Crippen LogP) is 1.66. The number of hydrogen-bond acceptors (Lipinski definition) is 3. The van der Waals surface area contributed by atoms with Crippen molar-refractivity contribution in [2.24, 2.45) is 11.3 Å². The molecule has 1 unspecified atom stereocenters. The highest BCUT2D eigenvalue weighted by molar-refractivity contribution is 5.74. The van der Waals surface area contributed by atoms with Crippen LogP contribution in [0.5, 0.6) is 0 Å². The van der Waals surface area contributed by atoms with Gasteiger partial charge < -0.3 is 14.9 Å². The molecule has 0 aromatic heterocycles. The van der Waals surface area contributed by atoms with Gasteiger partial charge in [-0.1, -0.05) is 13.8 Å². The minimum absolute atomic E-state index is 0.0477. The molecule has 1 saturated heterocycles. The van der Waals surface area contributed by atoms with Gasteiger partial charge in [0.15, 0.2) is 0 Å². The quantitative estimate of drug-likeness (QED) is 0.771. The van der Waals surface area contributed by atoms with E-state index in [2.05, 4.69) is 0 Å². The second-order valence-corrected chi connectivity index (χ2v) is 5.39. The van der Waals surface area contributed by atoms with E-state index in [1.807, 2.05) is 13.8 Å². The smallest absolute Gasteiger partial charge is 0.309 e. The Morgan fingerprint density at radius 1 is 1.44 bits per heavy atom. The van der Waals surface area contributed by atoms with Crippen LogP contribution < -0.4 is 0 Å². The first-order chi connectivity index (χ1) is 7.30. The van der Waals surface area contributed by atoms with E-state index in [9.17, 15) is 15.0 Å². The Bertz CT molecular complexity index is 252. The highest BCUT2D eigenvalue weighted by Gasteiger charge is 2.45. The van der Waals surface area contributed by atoms with Gasteiger partial charge in [0.2, 0.25) is 0 Å². The summed E-state index contributed by atoms with van der Waals surface area (Å²) in [5.74, 6) is -0.761. The summed E-state index contributed by atoms with van der Waals surface area (Å²) >= 11 is 0. The van der Waals surface area contributed by atoms with Crippen molar-refractivity contribution in [1.82, 2.24) is 0 Å². The molecule has 0 radical (unpaired) electrons. The van der Waals surface area contributed by atoms with Gasteiger partial charge in [-0.25, -0.2) is 0 Å². The molecule has 1 atom stereocenters. The number of aliphatic carboxylic acids is 1. The first-order valence-corrected chi connectivity index (χ1v) is 5.84. The third-order valence-electron chi connectivity index (χ3n) is 3.84. The van der Waals surface area contributed by atoms with Crippen LogP contribution in [0.3, 0.4) is 0 Å². The monoisotopic (exact) mass is 230 g/mol. The number of aliphatic hydroxyl groups is 1. The van der Waals surface area contributed by atoms with E-state index in [0.717, 1.165) is 0 Å². The van der Waals surface area contributed by atoms with Crippen LogP contribution in [0, 0.1) is 11.3 Å². The number of carboxylic acids is 1. The predicted molar refractivity (Wildman–Crippen MR) is 60.2 cm³/mol. The second-order valence-electron chi connectivity index (χ2n) is 5.39. The zero-order chi connectivity index (χ0) is 12.4. The van der Waals surface area contributed by atoms with Crippen LogP contribution >= 0.6 is 0 Å². The summed E-state index contributed by atoms with van der Waals surface area (Å²) in [7, 11) is 0. The van der Waals surface area contributed by atoms with Gasteiger partial charge in [0.1, 0.15) is 0 Å². The van der Waals surface area contributed by atoms with Gasteiger partial charge in [-0.05, 0) is 32.1 Å². The van der Waals surface area contributed by atoms with Gasteiger partial charge >= 0.3 is 5.97 Å². The first kappa shape index (κ1) is 13.5. The maximum absolute atomic E-state index is 11.4. The van der Waals surface area contributed by atoms with Gasteiger partial charge in [0, 0.05) is 13.2 Å². The van der Waals surface area contributed by atoms with Crippen molar-refractivity contribution in [1.29, 1.82) is 0 Å². The zero-order valence-electron chi connectivity index (χ0n) is 10.3. The Morgan fingerprint density at radius 2 is 1.94 bits per heavy atom. The SMILES string of the molecule is CC(C)C(C)(O)CC1(C(=O)O)CCOCC1. The molecule has 1 aliphatic rings. The van der Waals surface area contributed by atoms with Crippen molar-refractivity contribution in [2.75, 3.05) is 13.2 Å². The van der Waals surface area contributed by atoms with Crippen LogP contribution in [0.15, 0.2) is 0 Å². The van der Waals surface area contributed by atoms with E-state index in [1.54, 1.807) is 6.92 Å². The lowest BCUT2D eigenvalue weighted by molar-refractivity contribution is -0.162. The highest BCUT2D eigenvalue weighted by atomic mass is 16.5. The van der Waals surface area contributed by atoms with Crippen molar-refractivity contribution in [3.63, 3.8) is 0 Å². The molecular weight excluding hydrogens is 208 g/mol. The molecule has 4 nitrogen and oxygen atoms in total. The summed E-state index contributed by atoms with van der Waals surface area (Å²) in [6, 6.07) is 0. The zero-order valence-corrected chi connectivity index (χ0v) is 10.3. The molecular formula is C12H22O4. The Hall–Kier alpha value is -0.610. The summed E-state index contributed by atoms with van der Waals surface area (Å²) in [6.07, 6.45) is 1.28. The molecule has 0 bridgehead atoms. The molecule has 0 spiro atoms. The molecule has 0 aromatic rings. The Balaban J connectivity index is 2.83. The van der Waals surface area contributed by atoms with Gasteiger partial charge in [0.25, 0.3) is 0 Å². The lowest BCUT2D eigenvalue weighted by Crippen LogP contribution is -2.45. The molecule has 94 valence electrons. The summed E-state index contributed by atoms with van der Waals surface area (Å²) in [5.41, 5.74) is -1.75. The largest absolute Gasteiger partial charge is 0.481 e. The molecule has 2 N–H and O–H groups in total. The average molecular weight is 230 g/mol. The first-order valence-electron chi connectivity index (χ1n) is 5.84. The molecule has 1 rings (SSSR count). The molecule has 0 aliphatic carbocycles. The van der Waals surface area contributed by atoms with Crippen molar-refractivity contribution in [2.45, 2.75) is 45.6 Å². The summed E-state index contributed by atoms with van der Waals surface area (Å²) in [5, 5.41) is 19.6. The lowest BCUT2D eigenvalue weighted by Gasteiger charge is -2.40. The number of carbonyl (C=O) groups is 1. The number of rotatable bonds is 4. The normalized spacial score (nSPS) is 24.1. The third kappa shape index (κ3) is 2.74. The van der Waals surface area contributed by atoms with E-state index >= 15 is 0 Å². The van der Waals surface area contributed by atoms with Gasteiger partial charge in [-0.15, -0.1) is 0 Å². The molecule has 0 aromatic carbocycles. The van der Waals surface area contributed by atoms with E-state index in [1.165, 1.54) is 0 Å². The molecule has 1 fully saturated rings. The van der Waals surface area contributed by atoms with E-state index in [0.29, 0.717) is 32.5 Å². The van der Waals surface area contributed by atoms with E-state index in [-0.39, 0.29) is 5.92 Å². The molecule has 1 aliphatic heterocycles. The van der Waals surface area contributed by atoms with Crippen LogP contribution in [-0.2, 0) is 9.53 Å². The van der Waals surface area contributed by atoms with Crippen molar-refractivity contribution in [3.05, 3.63) is 0 Å². The van der Waals surface area contributed by atoms with Crippen LogP contribution in [-0.4, -0.2) is 35.0 Å². The van der Waals surface area contributed by atoms with Crippen molar-refractivity contribution >= 4 is 5.97 Å². The number of ether oxygens (including phenoxy) is 1. The molecule has 0 amide bonds. The van der Waals surface area contributed by atoms with Gasteiger partial charge in [-0.2, -0.15) is 0 Å². The van der Waals surface area contributed by atoms with Crippen LogP contribution in [0.25, 0.3) is 0 Å². The maximum atomic E-state index is 11.4.